The van der Waals surface area contributed by atoms with Crippen molar-refractivity contribution < 1.29 is 8.42 Å². The zero-order chi connectivity index (χ0) is 14.6. The van der Waals surface area contributed by atoms with Crippen LogP contribution in [0.5, 0.6) is 0 Å². The van der Waals surface area contributed by atoms with E-state index in [1.807, 2.05) is 0 Å². The van der Waals surface area contributed by atoms with Crippen molar-refractivity contribution in [3.8, 4) is 0 Å². The van der Waals surface area contributed by atoms with Crippen molar-refractivity contribution in [3.63, 3.8) is 0 Å². The van der Waals surface area contributed by atoms with Gasteiger partial charge in [0.15, 0.2) is 0 Å². The number of hydrogen-bond donors (Lipinski definition) is 1. The Morgan fingerprint density at radius 2 is 1.76 bits per heavy atom. The van der Waals surface area contributed by atoms with Gasteiger partial charge in [0.05, 0.1) is 0 Å². The molecule has 2 aliphatic heterocycles. The minimum absolute atomic E-state index is 0. The van der Waals surface area contributed by atoms with Crippen molar-refractivity contribution in [1.82, 2.24) is 13.9 Å². The average Bonchev–Trinajstić information content (AvgIpc) is 2.45. The molecule has 2 rings (SSSR count). The largest absolute Gasteiger partial charge is 0.317 e. The van der Waals surface area contributed by atoms with Crippen LogP contribution < -0.4 is 5.32 Å². The van der Waals surface area contributed by atoms with E-state index in [-0.39, 0.29) is 12.4 Å². The molecule has 0 aromatic heterocycles. The Kier molecular flexibility index (Phi) is 7.92. The van der Waals surface area contributed by atoms with Gasteiger partial charge >= 0.3 is 0 Å². The molecule has 2 aliphatic rings. The number of nitrogens with zero attached hydrogens (tertiary/aromatic N) is 2. The fourth-order valence-corrected chi connectivity index (χ4v) is 5.01. The van der Waals surface area contributed by atoms with E-state index in [9.17, 15) is 8.42 Å². The first-order valence-electron chi connectivity index (χ1n) is 8.00. The van der Waals surface area contributed by atoms with Gasteiger partial charge in [-0.15, -0.1) is 12.4 Å². The van der Waals surface area contributed by atoms with E-state index in [1.54, 1.807) is 8.61 Å². The van der Waals surface area contributed by atoms with Gasteiger partial charge in [0.2, 0.25) is 0 Å². The molecule has 1 atom stereocenters. The molecule has 1 unspecified atom stereocenters. The maximum atomic E-state index is 12.6. The standard InChI is InChI=1S/C14H29N3O2S.ClH/c1-3-15-11-14-6-9-16(10-7-14)20(18,19)17-8-4-5-13(2)12-17;/h13-15H,3-12H2,1-2H3;1H. The van der Waals surface area contributed by atoms with Crippen LogP contribution >= 0.6 is 12.4 Å². The molecule has 2 fully saturated rings. The highest BCUT2D eigenvalue weighted by Gasteiger charge is 2.34. The molecule has 0 amide bonds. The molecule has 0 bridgehead atoms. The lowest BCUT2D eigenvalue weighted by Crippen LogP contribution is -2.50. The lowest BCUT2D eigenvalue weighted by Gasteiger charge is -2.37. The second-order valence-corrected chi connectivity index (χ2v) is 8.19. The predicted octanol–water partition coefficient (Wildman–Crippen LogP) is 1.71. The molecular weight excluding hydrogens is 310 g/mol. The molecular formula is C14H30ClN3O2S. The molecule has 0 aliphatic carbocycles. The fraction of sp³-hybridized carbons (Fsp3) is 1.00. The zero-order valence-corrected chi connectivity index (χ0v) is 14.9. The Morgan fingerprint density at radius 3 is 2.33 bits per heavy atom. The van der Waals surface area contributed by atoms with E-state index in [0.29, 0.717) is 38.0 Å². The summed E-state index contributed by atoms with van der Waals surface area (Å²) in [7, 11) is -3.22. The third-order valence-corrected chi connectivity index (χ3v) is 6.53. The van der Waals surface area contributed by atoms with Gasteiger partial charge in [-0.2, -0.15) is 17.0 Å². The molecule has 1 N–H and O–H groups in total. The van der Waals surface area contributed by atoms with Crippen LogP contribution in [0.2, 0.25) is 0 Å². The molecule has 2 heterocycles. The summed E-state index contributed by atoms with van der Waals surface area (Å²) in [4.78, 5) is 0. The third kappa shape index (κ3) is 5.06. The molecule has 2 saturated heterocycles. The molecule has 0 aromatic rings. The predicted molar refractivity (Wildman–Crippen MR) is 89.0 cm³/mol. The highest BCUT2D eigenvalue weighted by atomic mass is 35.5. The normalized spacial score (nSPS) is 26.5. The van der Waals surface area contributed by atoms with Crippen LogP contribution in [0.4, 0.5) is 0 Å². The van der Waals surface area contributed by atoms with Crippen LogP contribution in [-0.4, -0.2) is 56.3 Å². The number of halogens is 1. The first kappa shape index (κ1) is 19.2. The lowest BCUT2D eigenvalue weighted by atomic mass is 9.98. The molecule has 5 nitrogen and oxygen atoms in total. The molecule has 126 valence electrons. The minimum Gasteiger partial charge on any atom is -0.317 e. The summed E-state index contributed by atoms with van der Waals surface area (Å²) in [6.45, 7) is 9.02. The topological polar surface area (TPSA) is 52.7 Å². The van der Waals surface area contributed by atoms with Crippen molar-refractivity contribution in [2.45, 2.75) is 39.5 Å². The van der Waals surface area contributed by atoms with Crippen LogP contribution in [0, 0.1) is 11.8 Å². The monoisotopic (exact) mass is 339 g/mol. The van der Waals surface area contributed by atoms with E-state index < -0.39 is 10.2 Å². The van der Waals surface area contributed by atoms with Crippen molar-refractivity contribution in [1.29, 1.82) is 0 Å². The van der Waals surface area contributed by atoms with E-state index in [1.165, 1.54) is 0 Å². The highest BCUT2D eigenvalue weighted by Crippen LogP contribution is 2.24. The summed E-state index contributed by atoms with van der Waals surface area (Å²) in [6, 6.07) is 0. The molecule has 0 aromatic carbocycles. The van der Waals surface area contributed by atoms with Crippen LogP contribution in [0.15, 0.2) is 0 Å². The second-order valence-electron chi connectivity index (χ2n) is 6.26. The second kappa shape index (κ2) is 8.67. The maximum Gasteiger partial charge on any atom is 0.281 e. The van der Waals surface area contributed by atoms with Crippen molar-refractivity contribution in [2.24, 2.45) is 11.8 Å². The Morgan fingerprint density at radius 1 is 1.10 bits per heavy atom. The summed E-state index contributed by atoms with van der Waals surface area (Å²) in [5.41, 5.74) is 0. The van der Waals surface area contributed by atoms with Crippen LogP contribution in [0.1, 0.15) is 39.5 Å². The number of rotatable bonds is 5. The molecule has 0 radical (unpaired) electrons. The molecule has 0 saturated carbocycles. The van der Waals surface area contributed by atoms with E-state index in [4.69, 9.17) is 0 Å². The summed E-state index contributed by atoms with van der Waals surface area (Å²) < 4.78 is 28.7. The smallest absolute Gasteiger partial charge is 0.281 e. The van der Waals surface area contributed by atoms with Gasteiger partial charge in [-0.1, -0.05) is 13.8 Å². The SMILES string of the molecule is CCNCC1CCN(S(=O)(=O)N2CCCC(C)C2)CC1.Cl. The number of nitrogens with one attached hydrogen (secondary N) is 1. The Labute approximate surface area is 136 Å². The Hall–Kier alpha value is 0.120. The van der Waals surface area contributed by atoms with Gasteiger partial charge < -0.3 is 5.32 Å². The van der Waals surface area contributed by atoms with E-state index in [2.05, 4.69) is 19.2 Å². The van der Waals surface area contributed by atoms with Gasteiger partial charge in [0.1, 0.15) is 0 Å². The molecule has 0 spiro atoms. The third-order valence-electron chi connectivity index (χ3n) is 4.53. The van der Waals surface area contributed by atoms with Gasteiger partial charge in [-0.05, 0) is 50.6 Å². The quantitative estimate of drug-likeness (QED) is 0.829. The van der Waals surface area contributed by atoms with Gasteiger partial charge in [0.25, 0.3) is 10.2 Å². The Bertz CT molecular complexity index is 397. The van der Waals surface area contributed by atoms with Crippen LogP contribution in [0.3, 0.4) is 0 Å². The zero-order valence-electron chi connectivity index (χ0n) is 13.3. The van der Waals surface area contributed by atoms with Crippen molar-refractivity contribution in [2.75, 3.05) is 39.3 Å². The van der Waals surface area contributed by atoms with E-state index >= 15 is 0 Å². The number of piperidine rings is 2. The lowest BCUT2D eigenvalue weighted by molar-refractivity contribution is 0.226. The summed E-state index contributed by atoms with van der Waals surface area (Å²) in [5, 5.41) is 3.36. The van der Waals surface area contributed by atoms with Crippen LogP contribution in [0.25, 0.3) is 0 Å². The summed E-state index contributed by atoms with van der Waals surface area (Å²) in [5.74, 6) is 1.12. The average molecular weight is 340 g/mol. The summed E-state index contributed by atoms with van der Waals surface area (Å²) in [6.07, 6.45) is 4.11. The number of hydrogen-bond acceptors (Lipinski definition) is 3. The minimum atomic E-state index is -3.22. The van der Waals surface area contributed by atoms with Crippen molar-refractivity contribution in [3.05, 3.63) is 0 Å². The van der Waals surface area contributed by atoms with Gasteiger partial charge in [-0.25, -0.2) is 0 Å². The molecule has 21 heavy (non-hydrogen) atoms. The first-order valence-corrected chi connectivity index (χ1v) is 9.39. The highest BCUT2D eigenvalue weighted by molar-refractivity contribution is 7.86. The molecule has 7 heteroatoms. The Balaban J connectivity index is 0.00000220. The van der Waals surface area contributed by atoms with E-state index in [0.717, 1.165) is 38.8 Å². The maximum absolute atomic E-state index is 12.6. The fourth-order valence-electron chi connectivity index (χ4n) is 3.21. The first-order chi connectivity index (χ1) is 9.54. The van der Waals surface area contributed by atoms with Gasteiger partial charge in [-0.3, -0.25) is 0 Å². The summed E-state index contributed by atoms with van der Waals surface area (Å²) >= 11 is 0. The van der Waals surface area contributed by atoms with Crippen molar-refractivity contribution >= 4 is 22.6 Å². The van der Waals surface area contributed by atoms with Gasteiger partial charge in [0, 0.05) is 26.2 Å². The van der Waals surface area contributed by atoms with Crippen LogP contribution in [-0.2, 0) is 10.2 Å².